The summed E-state index contributed by atoms with van der Waals surface area (Å²) >= 11 is 0. The van der Waals surface area contributed by atoms with Crippen LogP contribution in [0.25, 0.3) is 0 Å². The monoisotopic (exact) mass is 1420 g/mol. The van der Waals surface area contributed by atoms with Crippen molar-refractivity contribution >= 4 is 39.5 Å². The summed E-state index contributed by atoms with van der Waals surface area (Å²) in [6.45, 7) is 4.50. The van der Waals surface area contributed by atoms with E-state index in [4.69, 9.17) is 37.0 Å². The lowest BCUT2D eigenvalue weighted by Gasteiger charge is -2.21. The van der Waals surface area contributed by atoms with Crippen LogP contribution in [0.3, 0.4) is 0 Å². The maximum absolute atomic E-state index is 13.1. The first-order valence-electron chi connectivity index (χ1n) is 37.8. The third-order valence-corrected chi connectivity index (χ3v) is 17.3. The van der Waals surface area contributed by atoms with E-state index >= 15 is 0 Å². The topological polar surface area (TPSA) is 237 Å². The Kier molecular flexibility index (Phi) is 67.6. The summed E-state index contributed by atoms with van der Waals surface area (Å²) < 4.78 is 68.4. The number of unbranched alkanes of at least 4 members (excludes halogenated alkanes) is 24. The van der Waals surface area contributed by atoms with Crippen molar-refractivity contribution in [3.8, 4) is 0 Å². The van der Waals surface area contributed by atoms with Gasteiger partial charge in [-0.1, -0.05) is 265 Å². The average molecular weight is 1420 g/mol. The highest BCUT2D eigenvalue weighted by Crippen LogP contribution is 2.45. The van der Waals surface area contributed by atoms with Crippen LogP contribution in [0.2, 0.25) is 0 Å². The minimum absolute atomic E-state index is 0.0653. The van der Waals surface area contributed by atoms with Crippen LogP contribution in [0, 0.1) is 0 Å². The number of carbonyl (C=O) groups excluding carboxylic acids is 4. The summed E-state index contributed by atoms with van der Waals surface area (Å²) in [7, 11) is -9.96. The van der Waals surface area contributed by atoms with Crippen LogP contribution in [-0.4, -0.2) is 96.7 Å². The van der Waals surface area contributed by atoms with Crippen LogP contribution in [-0.2, 0) is 65.4 Å². The van der Waals surface area contributed by atoms with Crippen LogP contribution >= 0.6 is 15.6 Å². The van der Waals surface area contributed by atoms with Gasteiger partial charge in [0.25, 0.3) is 0 Å². The standard InChI is InChI=1S/C79H134O17P2/c1-5-9-13-17-21-25-29-32-34-35-36-37-39-41-45-48-52-56-60-64-77(82)90-70-75(96-79(84)66-62-58-54-50-46-42-38-33-30-26-22-18-14-10-6-2)72-94-98(87,88)92-68-73(80)67-91-97(85,86)93-71-74(95-78(83)65-61-57-53-49-43-28-24-20-16-12-8-4)69-89-76(81)63-59-55-51-47-44-40-31-27-23-19-15-11-7-3/h9-10,13-15,19,21-22,25-27,31-34,36-38,41,45,73-75,80H,5-8,11-12,16-18,20,23-24,28-30,35,39-40,42-44,46-72H2,1-4H3,(H,85,86)(H,87,88)/b13-9-,14-10-,19-15-,25-21-,26-22-,31-27-,34-32-,37-36-,38-33-,45-41-. The number of hydrogen-bond acceptors (Lipinski definition) is 15. The Morgan fingerprint density at radius 3 is 0.867 bits per heavy atom. The van der Waals surface area contributed by atoms with Crippen LogP contribution in [0.5, 0.6) is 0 Å². The van der Waals surface area contributed by atoms with Gasteiger partial charge in [-0.3, -0.25) is 37.3 Å². The molecule has 0 rings (SSSR count). The summed E-state index contributed by atoms with van der Waals surface area (Å²) in [5, 5.41) is 10.6. The van der Waals surface area contributed by atoms with Crippen molar-refractivity contribution in [2.24, 2.45) is 0 Å². The Hall–Kier alpha value is -4.54. The SMILES string of the molecule is CC/C=C\C/C=C\C/C=C\C/C=C\C/C=C\CCCCCC(=O)OCC(COP(=O)(O)OCC(O)COP(=O)(O)OCC(COC(=O)CCCCCCC/C=C\C/C=C\CCC)OC(=O)CCCCCCCCCCCCC)OC(=O)CCCCCCC/C=C\C/C=C\C/C=C\CC. The highest BCUT2D eigenvalue weighted by atomic mass is 31.2. The predicted molar refractivity (Wildman–Crippen MR) is 399 cm³/mol. The van der Waals surface area contributed by atoms with Gasteiger partial charge in [-0.15, -0.1) is 0 Å². The van der Waals surface area contributed by atoms with E-state index in [1.54, 1.807) is 0 Å². The number of phosphoric ester groups is 2. The quantitative estimate of drug-likeness (QED) is 0.0169. The molecule has 0 aliphatic carbocycles. The van der Waals surface area contributed by atoms with Crippen molar-refractivity contribution in [2.45, 2.75) is 316 Å². The van der Waals surface area contributed by atoms with E-state index in [2.05, 4.69) is 149 Å². The van der Waals surface area contributed by atoms with Crippen molar-refractivity contribution < 1.29 is 80.2 Å². The highest BCUT2D eigenvalue weighted by molar-refractivity contribution is 7.47. The smallest absolute Gasteiger partial charge is 0.462 e. The molecule has 0 amide bonds. The number of rotatable bonds is 70. The third kappa shape index (κ3) is 69.9. The molecule has 19 heteroatoms. The van der Waals surface area contributed by atoms with Crippen LogP contribution < -0.4 is 0 Å². The summed E-state index contributed by atoms with van der Waals surface area (Å²) in [5.41, 5.74) is 0. The Bertz CT molecular complexity index is 2340. The van der Waals surface area contributed by atoms with E-state index in [0.717, 1.165) is 180 Å². The number of hydrogen-bond donors (Lipinski definition) is 3. The molecule has 0 spiro atoms. The number of aliphatic hydroxyl groups excluding tert-OH is 1. The van der Waals surface area contributed by atoms with Gasteiger partial charge in [0.05, 0.1) is 26.4 Å². The molecule has 0 saturated carbocycles. The van der Waals surface area contributed by atoms with Gasteiger partial charge in [0.1, 0.15) is 19.3 Å². The molecule has 0 aliphatic heterocycles. The number of carbonyl (C=O) groups is 4. The molecular weight excluding hydrogens is 1280 g/mol. The highest BCUT2D eigenvalue weighted by Gasteiger charge is 2.30. The number of aliphatic hydroxyl groups is 1. The summed E-state index contributed by atoms with van der Waals surface area (Å²) in [6.07, 6.45) is 76.2. The Morgan fingerprint density at radius 2 is 0.551 bits per heavy atom. The first-order chi connectivity index (χ1) is 47.7. The molecule has 0 aromatic heterocycles. The van der Waals surface area contributed by atoms with Crippen molar-refractivity contribution in [1.82, 2.24) is 0 Å². The van der Waals surface area contributed by atoms with Crippen LogP contribution in [0.1, 0.15) is 297 Å². The molecule has 17 nitrogen and oxygen atoms in total. The normalized spacial score (nSPS) is 14.6. The third-order valence-electron chi connectivity index (χ3n) is 15.4. The molecule has 0 heterocycles. The maximum atomic E-state index is 13.1. The van der Waals surface area contributed by atoms with E-state index in [0.29, 0.717) is 25.7 Å². The molecule has 0 bridgehead atoms. The fourth-order valence-electron chi connectivity index (χ4n) is 9.71. The summed E-state index contributed by atoms with van der Waals surface area (Å²) in [6, 6.07) is 0. The molecule has 0 aromatic rings. The van der Waals surface area contributed by atoms with Gasteiger partial charge >= 0.3 is 39.5 Å². The molecule has 0 fully saturated rings. The van der Waals surface area contributed by atoms with E-state index in [1.807, 2.05) is 0 Å². The van der Waals surface area contributed by atoms with Crippen LogP contribution in [0.4, 0.5) is 0 Å². The second-order valence-electron chi connectivity index (χ2n) is 24.8. The second-order valence-corrected chi connectivity index (χ2v) is 27.7. The van der Waals surface area contributed by atoms with Gasteiger partial charge in [0, 0.05) is 25.7 Å². The van der Waals surface area contributed by atoms with Gasteiger partial charge in [0.15, 0.2) is 12.2 Å². The molecule has 0 aliphatic rings. The van der Waals surface area contributed by atoms with Gasteiger partial charge in [0.2, 0.25) is 0 Å². The molecule has 98 heavy (non-hydrogen) atoms. The van der Waals surface area contributed by atoms with Gasteiger partial charge < -0.3 is 33.8 Å². The number of phosphoric acid groups is 2. The van der Waals surface area contributed by atoms with E-state index in [1.165, 1.54) is 38.5 Å². The van der Waals surface area contributed by atoms with Crippen molar-refractivity contribution in [1.29, 1.82) is 0 Å². The summed E-state index contributed by atoms with van der Waals surface area (Å²) in [5.74, 6) is -2.24. The van der Waals surface area contributed by atoms with Crippen molar-refractivity contribution in [3.63, 3.8) is 0 Å². The number of allylic oxidation sites excluding steroid dienone is 20. The fourth-order valence-corrected chi connectivity index (χ4v) is 11.3. The van der Waals surface area contributed by atoms with Crippen molar-refractivity contribution in [2.75, 3.05) is 39.6 Å². The second kappa shape index (κ2) is 70.9. The van der Waals surface area contributed by atoms with Gasteiger partial charge in [-0.2, -0.15) is 0 Å². The maximum Gasteiger partial charge on any atom is 0.472 e. The van der Waals surface area contributed by atoms with Gasteiger partial charge in [-0.25, -0.2) is 9.13 Å². The van der Waals surface area contributed by atoms with E-state index in [-0.39, 0.29) is 25.7 Å². The van der Waals surface area contributed by atoms with Gasteiger partial charge in [-0.05, 0) is 128 Å². The molecule has 5 atom stereocenters. The lowest BCUT2D eigenvalue weighted by atomic mass is 10.1. The molecule has 562 valence electrons. The lowest BCUT2D eigenvalue weighted by molar-refractivity contribution is -0.161. The van der Waals surface area contributed by atoms with E-state index < -0.39 is 97.5 Å². The lowest BCUT2D eigenvalue weighted by Crippen LogP contribution is -2.30. The minimum atomic E-state index is -4.99. The zero-order valence-electron chi connectivity index (χ0n) is 61.2. The largest absolute Gasteiger partial charge is 0.472 e. The zero-order valence-corrected chi connectivity index (χ0v) is 63.0. The predicted octanol–water partition coefficient (Wildman–Crippen LogP) is 21.6. The Labute approximate surface area is 593 Å². The molecule has 0 saturated heterocycles. The molecular formula is C79H134O17P2. The van der Waals surface area contributed by atoms with Crippen molar-refractivity contribution in [3.05, 3.63) is 122 Å². The first-order valence-corrected chi connectivity index (χ1v) is 40.8. The Morgan fingerprint density at radius 1 is 0.296 bits per heavy atom. The van der Waals surface area contributed by atoms with E-state index in [9.17, 15) is 43.2 Å². The first kappa shape index (κ1) is 93.5. The molecule has 0 aromatic carbocycles. The average Bonchev–Trinajstić information content (AvgIpc) is 0.992. The molecule has 0 radical (unpaired) electrons. The zero-order chi connectivity index (χ0) is 71.8. The molecule has 5 unspecified atom stereocenters. The number of esters is 4. The number of ether oxygens (including phenoxy) is 4. The minimum Gasteiger partial charge on any atom is -0.462 e. The summed E-state index contributed by atoms with van der Waals surface area (Å²) in [4.78, 5) is 72.8. The Balaban J connectivity index is 5.38. The van der Waals surface area contributed by atoms with Crippen LogP contribution in [0.15, 0.2) is 122 Å². The fraction of sp³-hybridized carbons (Fsp3) is 0.696. The molecule has 3 N–H and O–H groups in total.